The summed E-state index contributed by atoms with van der Waals surface area (Å²) in [5.41, 5.74) is 7.57. The number of aryl methyl sites for hydroxylation is 2. The molecule has 0 radical (unpaired) electrons. The van der Waals surface area contributed by atoms with E-state index >= 15 is 0 Å². The van der Waals surface area contributed by atoms with E-state index in [9.17, 15) is 19.2 Å². The molecule has 0 saturated carbocycles. The quantitative estimate of drug-likeness (QED) is 0.316. The van der Waals surface area contributed by atoms with E-state index in [1.807, 2.05) is 74.5 Å². The Hall–Kier alpha value is -4.40. The van der Waals surface area contributed by atoms with Crippen LogP contribution in [0.4, 0.5) is 10.5 Å². The molecule has 0 spiro atoms. The number of nitrogens with one attached hydrogen (secondary N) is 2. The van der Waals surface area contributed by atoms with E-state index in [1.165, 1.54) is 4.90 Å². The van der Waals surface area contributed by atoms with E-state index in [0.717, 1.165) is 21.9 Å². The Morgan fingerprint density at radius 3 is 2.27 bits per heavy atom. The van der Waals surface area contributed by atoms with Gasteiger partial charge in [-0.15, -0.1) is 0 Å². The molecule has 9 heteroatoms. The molecule has 0 aromatic heterocycles. The summed E-state index contributed by atoms with van der Waals surface area (Å²) < 4.78 is 5.36. The normalized spacial score (nSPS) is 12.7. The van der Waals surface area contributed by atoms with E-state index in [2.05, 4.69) is 10.6 Å². The number of hydrogen-bond acceptors (Lipinski definition) is 5. The van der Waals surface area contributed by atoms with Crippen LogP contribution in [-0.4, -0.2) is 46.9 Å². The van der Waals surface area contributed by atoms with Crippen LogP contribution in [0.5, 0.6) is 0 Å². The number of benzene rings is 3. The maximum Gasteiger partial charge on any atom is 0.408 e. The maximum atomic E-state index is 14.1. The third-order valence-corrected chi connectivity index (χ3v) is 6.60. The Morgan fingerprint density at radius 1 is 0.951 bits per heavy atom. The van der Waals surface area contributed by atoms with Crippen molar-refractivity contribution in [1.82, 2.24) is 10.2 Å². The van der Waals surface area contributed by atoms with Gasteiger partial charge in [-0.3, -0.25) is 14.4 Å². The van der Waals surface area contributed by atoms with E-state index in [4.69, 9.17) is 10.5 Å². The number of ether oxygens (including phenoxy) is 1. The zero-order valence-corrected chi connectivity index (χ0v) is 24.6. The van der Waals surface area contributed by atoms with Gasteiger partial charge in [0.05, 0.1) is 0 Å². The molecule has 0 bridgehead atoms. The van der Waals surface area contributed by atoms with Gasteiger partial charge in [-0.05, 0) is 82.0 Å². The Balaban J connectivity index is 2.01. The second-order valence-electron chi connectivity index (χ2n) is 11.1. The fourth-order valence-corrected chi connectivity index (χ4v) is 4.64. The van der Waals surface area contributed by atoms with Crippen LogP contribution < -0.4 is 16.4 Å². The van der Waals surface area contributed by atoms with Crippen molar-refractivity contribution in [3.8, 4) is 0 Å². The number of nitrogens with zero attached hydrogens (tertiary/aromatic N) is 1. The van der Waals surface area contributed by atoms with Crippen LogP contribution in [0.2, 0.25) is 0 Å². The number of amides is 4. The predicted octanol–water partition coefficient (Wildman–Crippen LogP) is 5.14. The minimum absolute atomic E-state index is 0.0459. The Morgan fingerprint density at radius 2 is 1.63 bits per heavy atom. The fraction of sp³-hybridized carbons (Fsp3) is 0.375. The number of carbonyl (C=O) groups is 4. The third kappa shape index (κ3) is 8.54. The van der Waals surface area contributed by atoms with Crippen LogP contribution in [0.3, 0.4) is 0 Å². The van der Waals surface area contributed by atoms with Crippen molar-refractivity contribution < 1.29 is 23.9 Å². The van der Waals surface area contributed by atoms with Gasteiger partial charge >= 0.3 is 6.09 Å². The second kappa shape index (κ2) is 13.3. The first kappa shape index (κ1) is 31.1. The first-order chi connectivity index (χ1) is 19.3. The van der Waals surface area contributed by atoms with Crippen LogP contribution in [0.25, 0.3) is 10.8 Å². The lowest BCUT2D eigenvalue weighted by Crippen LogP contribution is -2.52. The van der Waals surface area contributed by atoms with Crippen LogP contribution in [0, 0.1) is 13.8 Å². The molecule has 41 heavy (non-hydrogen) atoms. The van der Waals surface area contributed by atoms with E-state index in [-0.39, 0.29) is 19.4 Å². The number of carbonyl (C=O) groups excluding carboxylic acids is 4. The van der Waals surface area contributed by atoms with Gasteiger partial charge in [-0.2, -0.15) is 0 Å². The lowest BCUT2D eigenvalue weighted by Gasteiger charge is -2.34. The minimum Gasteiger partial charge on any atom is -0.444 e. The Kier molecular flexibility index (Phi) is 10.1. The van der Waals surface area contributed by atoms with Gasteiger partial charge in [0.15, 0.2) is 0 Å². The molecule has 0 heterocycles. The lowest BCUT2D eigenvalue weighted by molar-refractivity contribution is -0.140. The minimum atomic E-state index is -1.14. The fourth-order valence-electron chi connectivity index (χ4n) is 4.64. The molecular formula is C32H40N4O5. The molecule has 3 aromatic rings. The maximum absolute atomic E-state index is 14.1. The zero-order chi connectivity index (χ0) is 30.3. The monoisotopic (exact) mass is 560 g/mol. The van der Waals surface area contributed by atoms with E-state index < -0.39 is 41.5 Å². The molecular weight excluding hydrogens is 520 g/mol. The number of primary amides is 1. The van der Waals surface area contributed by atoms with Gasteiger partial charge in [-0.25, -0.2) is 4.79 Å². The second-order valence-corrected chi connectivity index (χ2v) is 11.1. The molecule has 3 rings (SSSR count). The molecule has 9 nitrogen and oxygen atoms in total. The third-order valence-electron chi connectivity index (χ3n) is 6.60. The van der Waals surface area contributed by atoms with Crippen molar-refractivity contribution in [2.24, 2.45) is 5.73 Å². The molecule has 2 atom stereocenters. The van der Waals surface area contributed by atoms with Crippen molar-refractivity contribution in [3.05, 3.63) is 77.4 Å². The zero-order valence-electron chi connectivity index (χ0n) is 24.6. The molecule has 218 valence electrons. The van der Waals surface area contributed by atoms with Gasteiger partial charge in [0, 0.05) is 18.7 Å². The molecule has 0 aliphatic heterocycles. The van der Waals surface area contributed by atoms with Crippen molar-refractivity contribution in [2.75, 3.05) is 11.9 Å². The molecule has 0 aliphatic carbocycles. The van der Waals surface area contributed by atoms with E-state index in [0.29, 0.717) is 11.3 Å². The van der Waals surface area contributed by atoms with Crippen LogP contribution >= 0.6 is 0 Å². The van der Waals surface area contributed by atoms with Crippen molar-refractivity contribution in [2.45, 2.75) is 72.1 Å². The highest BCUT2D eigenvalue weighted by Gasteiger charge is 2.36. The number of likely N-dealkylation sites (N-methyl/N-ethyl adjacent to an activating group) is 1. The SMILES string of the molecule is CCN(C(=O)C(CCC(N)=O)NC(=O)OC(C)(C)C)C(C(=O)Nc1ccc2ccccc2c1)c1cc(C)ccc1C. The number of alkyl carbamates (subject to hydrolysis) is 1. The Labute approximate surface area is 241 Å². The van der Waals surface area contributed by atoms with Gasteiger partial charge in [0.1, 0.15) is 17.7 Å². The number of hydrogen-bond donors (Lipinski definition) is 3. The summed E-state index contributed by atoms with van der Waals surface area (Å²) in [6.07, 6.45) is -0.989. The van der Waals surface area contributed by atoms with Gasteiger partial charge in [0.25, 0.3) is 5.91 Å². The largest absolute Gasteiger partial charge is 0.444 e. The number of rotatable bonds is 10. The van der Waals surface area contributed by atoms with Gasteiger partial charge < -0.3 is 26.0 Å². The first-order valence-electron chi connectivity index (χ1n) is 13.7. The molecule has 0 aliphatic rings. The van der Waals surface area contributed by atoms with Crippen molar-refractivity contribution >= 4 is 40.3 Å². The molecule has 4 amide bonds. The Bertz CT molecular complexity index is 1430. The summed E-state index contributed by atoms with van der Waals surface area (Å²) >= 11 is 0. The molecule has 2 unspecified atom stereocenters. The van der Waals surface area contributed by atoms with E-state index in [1.54, 1.807) is 27.7 Å². The van der Waals surface area contributed by atoms with Gasteiger partial charge in [0.2, 0.25) is 11.8 Å². The van der Waals surface area contributed by atoms with Crippen molar-refractivity contribution in [3.63, 3.8) is 0 Å². The predicted molar refractivity (Wildman–Crippen MR) is 160 cm³/mol. The summed E-state index contributed by atoms with van der Waals surface area (Å²) in [7, 11) is 0. The summed E-state index contributed by atoms with van der Waals surface area (Å²) in [4.78, 5) is 53.8. The average Bonchev–Trinajstić information content (AvgIpc) is 2.89. The summed E-state index contributed by atoms with van der Waals surface area (Å²) in [6.45, 7) is 10.8. The van der Waals surface area contributed by atoms with Crippen LogP contribution in [-0.2, 0) is 19.1 Å². The molecule has 4 N–H and O–H groups in total. The molecule has 3 aromatic carbocycles. The summed E-state index contributed by atoms with van der Waals surface area (Å²) in [6, 6.07) is 17.0. The lowest BCUT2D eigenvalue weighted by atomic mass is 9.95. The smallest absolute Gasteiger partial charge is 0.408 e. The number of nitrogens with two attached hydrogens (primary N) is 1. The standard InChI is InChI=1S/C32H40N4O5/c1-7-36(30(39)26(16-17-27(33)37)35-31(40)41-32(4,5)6)28(25-18-20(2)12-13-21(25)3)29(38)34-24-15-14-22-10-8-9-11-23(22)19-24/h8-15,18-19,26,28H,7,16-17H2,1-6H3,(H2,33,37)(H,34,38)(H,35,40). The molecule has 0 fully saturated rings. The van der Waals surface area contributed by atoms with Gasteiger partial charge in [-0.1, -0.05) is 54.1 Å². The highest BCUT2D eigenvalue weighted by Crippen LogP contribution is 2.29. The van der Waals surface area contributed by atoms with Crippen LogP contribution in [0.1, 0.15) is 63.3 Å². The van der Waals surface area contributed by atoms with Crippen molar-refractivity contribution in [1.29, 1.82) is 0 Å². The number of fused-ring (bicyclic) bond motifs is 1. The summed E-state index contributed by atoms with van der Waals surface area (Å²) in [5.74, 6) is -1.55. The number of anilines is 1. The molecule has 0 saturated heterocycles. The topological polar surface area (TPSA) is 131 Å². The first-order valence-corrected chi connectivity index (χ1v) is 13.7. The average molecular weight is 561 g/mol. The highest BCUT2D eigenvalue weighted by molar-refractivity contribution is 6.00. The van der Waals surface area contributed by atoms with Crippen LogP contribution in [0.15, 0.2) is 60.7 Å². The summed E-state index contributed by atoms with van der Waals surface area (Å²) in [5, 5.41) is 7.58. The highest BCUT2D eigenvalue weighted by atomic mass is 16.6.